The van der Waals surface area contributed by atoms with E-state index in [4.69, 9.17) is 11.5 Å². The Labute approximate surface area is 160 Å². The summed E-state index contributed by atoms with van der Waals surface area (Å²) in [5, 5.41) is 13.8. The molecule has 0 aliphatic carbocycles. The number of aromatic amines is 1. The van der Waals surface area contributed by atoms with Crippen LogP contribution in [0.15, 0.2) is 58.7 Å². The summed E-state index contributed by atoms with van der Waals surface area (Å²) < 4.78 is 0. The molecular weight excluding hydrogens is 358 g/mol. The molecule has 0 bridgehead atoms. The zero-order chi connectivity index (χ0) is 20.1. The van der Waals surface area contributed by atoms with Crippen LogP contribution in [0.1, 0.15) is 23.0 Å². The molecule has 7 N–H and O–H groups in total. The van der Waals surface area contributed by atoms with E-state index < -0.39 is 0 Å². The molecule has 0 unspecified atom stereocenters. The van der Waals surface area contributed by atoms with Gasteiger partial charge in [-0.1, -0.05) is 24.3 Å². The van der Waals surface area contributed by atoms with Crippen molar-refractivity contribution in [3.05, 3.63) is 59.8 Å². The molecule has 9 heteroatoms. The van der Waals surface area contributed by atoms with E-state index in [1.807, 2.05) is 6.07 Å². The summed E-state index contributed by atoms with van der Waals surface area (Å²) in [5.74, 6) is -0.417. The van der Waals surface area contributed by atoms with E-state index in [1.165, 1.54) is 0 Å². The number of guanidine groups is 1. The average molecular weight is 377 g/mol. The molecule has 0 spiro atoms. The number of H-pyrrole nitrogens is 1. The van der Waals surface area contributed by atoms with Crippen molar-refractivity contribution >= 4 is 46.3 Å². The molecular formula is C19H19N7O2. The Balaban J connectivity index is 1.77. The zero-order valence-corrected chi connectivity index (χ0v) is 15.1. The van der Waals surface area contributed by atoms with E-state index in [9.17, 15) is 9.59 Å². The number of para-hydroxylation sites is 1. The van der Waals surface area contributed by atoms with Gasteiger partial charge in [-0.2, -0.15) is 5.10 Å². The van der Waals surface area contributed by atoms with Gasteiger partial charge in [0.15, 0.2) is 0 Å². The lowest BCUT2D eigenvalue weighted by atomic mass is 10.1. The third-order valence-electron chi connectivity index (χ3n) is 3.99. The van der Waals surface area contributed by atoms with E-state index in [2.05, 4.69) is 25.8 Å². The lowest BCUT2D eigenvalue weighted by Crippen LogP contribution is -2.22. The summed E-state index contributed by atoms with van der Waals surface area (Å²) in [6.45, 7) is 1.77. The van der Waals surface area contributed by atoms with Crippen LogP contribution in [0.25, 0.3) is 10.9 Å². The number of carbonyl (C=O) groups is 2. The Morgan fingerprint density at radius 3 is 2.54 bits per heavy atom. The molecule has 2 aromatic carbocycles. The first-order valence-corrected chi connectivity index (χ1v) is 8.35. The van der Waals surface area contributed by atoms with Gasteiger partial charge in [-0.25, -0.2) is 0 Å². The Bertz CT molecular complexity index is 1080. The lowest BCUT2D eigenvalue weighted by Gasteiger charge is -2.05. The topological polar surface area (TPSA) is 151 Å². The van der Waals surface area contributed by atoms with Gasteiger partial charge in [-0.15, -0.1) is 5.10 Å². The van der Waals surface area contributed by atoms with Crippen LogP contribution in [0.2, 0.25) is 0 Å². The Morgan fingerprint density at radius 1 is 1.11 bits per heavy atom. The van der Waals surface area contributed by atoms with E-state index in [0.717, 1.165) is 10.9 Å². The molecule has 0 radical (unpaired) electrons. The molecule has 0 aliphatic rings. The van der Waals surface area contributed by atoms with Crippen molar-refractivity contribution in [3.8, 4) is 0 Å². The van der Waals surface area contributed by atoms with Crippen molar-refractivity contribution in [2.24, 2.45) is 21.7 Å². The van der Waals surface area contributed by atoms with Gasteiger partial charge < -0.3 is 27.1 Å². The summed E-state index contributed by atoms with van der Waals surface area (Å²) in [7, 11) is 0. The standard InChI is InChI=1S/C19H19N7O2/c1-11(25-26-19(20)21)12-5-7-14(8-6-12)23-18(28)16-9-13-3-2-4-15(22-10-27)17(13)24-16/h2-10,24H,1H3,(H,22,27)(H,23,28)(H4,20,21,26)/b25-11+. The van der Waals surface area contributed by atoms with Crippen molar-refractivity contribution in [3.63, 3.8) is 0 Å². The van der Waals surface area contributed by atoms with Crippen LogP contribution in [0.5, 0.6) is 0 Å². The Morgan fingerprint density at radius 2 is 1.86 bits per heavy atom. The lowest BCUT2D eigenvalue weighted by molar-refractivity contribution is -0.105. The number of fused-ring (bicyclic) bond motifs is 1. The monoisotopic (exact) mass is 377 g/mol. The van der Waals surface area contributed by atoms with Crippen molar-refractivity contribution in [2.45, 2.75) is 6.92 Å². The normalized spacial score (nSPS) is 11.1. The van der Waals surface area contributed by atoms with Crippen LogP contribution < -0.4 is 22.1 Å². The van der Waals surface area contributed by atoms with Crippen LogP contribution in [0.4, 0.5) is 11.4 Å². The first kappa shape index (κ1) is 18.6. The molecule has 1 aromatic heterocycles. The highest BCUT2D eigenvalue weighted by Crippen LogP contribution is 2.24. The molecule has 0 fully saturated rings. The van der Waals surface area contributed by atoms with Crippen LogP contribution in [0.3, 0.4) is 0 Å². The van der Waals surface area contributed by atoms with Crippen LogP contribution in [0, 0.1) is 0 Å². The maximum Gasteiger partial charge on any atom is 0.272 e. The van der Waals surface area contributed by atoms with Gasteiger partial charge in [0.05, 0.1) is 16.9 Å². The second-order valence-corrected chi connectivity index (χ2v) is 5.96. The summed E-state index contributed by atoms with van der Waals surface area (Å²) in [6, 6.07) is 14.2. The summed E-state index contributed by atoms with van der Waals surface area (Å²) >= 11 is 0. The highest BCUT2D eigenvalue weighted by Gasteiger charge is 2.12. The largest absolute Gasteiger partial charge is 0.369 e. The average Bonchev–Trinajstić information content (AvgIpc) is 3.12. The number of nitrogens with zero attached hydrogens (tertiary/aromatic N) is 2. The second-order valence-electron chi connectivity index (χ2n) is 5.96. The molecule has 2 amide bonds. The molecule has 28 heavy (non-hydrogen) atoms. The fourth-order valence-corrected chi connectivity index (χ4v) is 2.65. The molecule has 3 aromatic rings. The number of rotatable bonds is 6. The van der Waals surface area contributed by atoms with E-state index in [0.29, 0.717) is 34.7 Å². The summed E-state index contributed by atoms with van der Waals surface area (Å²) in [5.41, 5.74) is 14.2. The number of benzene rings is 2. The van der Waals surface area contributed by atoms with Gasteiger partial charge in [0.25, 0.3) is 5.91 Å². The predicted molar refractivity (Wildman–Crippen MR) is 110 cm³/mol. The molecule has 9 nitrogen and oxygen atoms in total. The van der Waals surface area contributed by atoms with E-state index in [-0.39, 0.29) is 11.9 Å². The Hall–Kier alpha value is -4.14. The number of amides is 2. The number of aromatic nitrogens is 1. The minimum absolute atomic E-state index is 0.118. The van der Waals surface area contributed by atoms with E-state index >= 15 is 0 Å². The van der Waals surface area contributed by atoms with Crippen molar-refractivity contribution in [1.82, 2.24) is 4.98 Å². The van der Waals surface area contributed by atoms with Crippen LogP contribution >= 0.6 is 0 Å². The van der Waals surface area contributed by atoms with Gasteiger partial charge >= 0.3 is 0 Å². The van der Waals surface area contributed by atoms with Gasteiger partial charge in [-0.3, -0.25) is 9.59 Å². The van der Waals surface area contributed by atoms with Crippen molar-refractivity contribution in [1.29, 1.82) is 0 Å². The molecule has 0 saturated carbocycles. The third-order valence-corrected chi connectivity index (χ3v) is 3.99. The summed E-state index contributed by atoms with van der Waals surface area (Å²) in [4.78, 5) is 26.3. The van der Waals surface area contributed by atoms with Crippen molar-refractivity contribution < 1.29 is 9.59 Å². The quantitative estimate of drug-likeness (QED) is 0.193. The molecule has 142 valence electrons. The minimum atomic E-state index is -0.299. The maximum absolute atomic E-state index is 12.5. The zero-order valence-electron chi connectivity index (χ0n) is 15.1. The fourth-order valence-electron chi connectivity index (χ4n) is 2.65. The van der Waals surface area contributed by atoms with Gasteiger partial charge in [0.2, 0.25) is 12.4 Å². The highest BCUT2D eigenvalue weighted by atomic mass is 16.2. The second kappa shape index (κ2) is 8.04. The molecule has 0 aliphatic heterocycles. The number of hydrogen-bond donors (Lipinski definition) is 5. The third kappa shape index (κ3) is 4.15. The molecule has 1 heterocycles. The molecule has 3 rings (SSSR count). The van der Waals surface area contributed by atoms with Gasteiger partial charge in [0, 0.05) is 11.1 Å². The minimum Gasteiger partial charge on any atom is -0.369 e. The van der Waals surface area contributed by atoms with Crippen LogP contribution in [-0.4, -0.2) is 29.0 Å². The number of nitrogens with two attached hydrogens (primary N) is 2. The first-order valence-electron chi connectivity index (χ1n) is 8.35. The fraction of sp³-hybridized carbons (Fsp3) is 0.0526. The van der Waals surface area contributed by atoms with E-state index in [1.54, 1.807) is 49.4 Å². The first-order chi connectivity index (χ1) is 13.5. The van der Waals surface area contributed by atoms with Crippen LogP contribution in [-0.2, 0) is 4.79 Å². The number of anilines is 2. The van der Waals surface area contributed by atoms with Gasteiger partial charge in [0.1, 0.15) is 5.69 Å². The molecule has 0 saturated heterocycles. The predicted octanol–water partition coefficient (Wildman–Crippen LogP) is 1.99. The van der Waals surface area contributed by atoms with Crippen molar-refractivity contribution in [2.75, 3.05) is 10.6 Å². The molecule has 0 atom stereocenters. The maximum atomic E-state index is 12.5. The Kier molecular flexibility index (Phi) is 5.35. The number of nitrogens with one attached hydrogen (secondary N) is 3. The number of carbonyl (C=O) groups excluding carboxylic acids is 2. The smallest absolute Gasteiger partial charge is 0.272 e. The van der Waals surface area contributed by atoms with Gasteiger partial charge in [-0.05, 0) is 36.8 Å². The highest BCUT2D eigenvalue weighted by molar-refractivity contribution is 6.08. The number of hydrogen-bond acceptors (Lipinski definition) is 4. The summed E-state index contributed by atoms with van der Waals surface area (Å²) in [6.07, 6.45) is 0.593. The SMILES string of the molecule is C/C(=N\N=C(N)N)c1ccc(NC(=O)c2cc3cccc(NC=O)c3[nH]2)cc1.